The zero-order chi connectivity index (χ0) is 14.0. The van der Waals surface area contributed by atoms with Crippen LogP contribution < -0.4 is 0 Å². The third-order valence-electron chi connectivity index (χ3n) is 3.33. The second-order valence-electron chi connectivity index (χ2n) is 5.09. The number of hydrogen-bond donors (Lipinski definition) is 1. The van der Waals surface area contributed by atoms with E-state index in [1.807, 2.05) is 50.3 Å². The number of rotatable bonds is 4. The summed E-state index contributed by atoms with van der Waals surface area (Å²) in [7, 11) is 0. The van der Waals surface area contributed by atoms with E-state index in [4.69, 9.17) is 4.42 Å². The van der Waals surface area contributed by atoms with Crippen molar-refractivity contribution < 1.29 is 9.52 Å². The van der Waals surface area contributed by atoms with Crippen molar-refractivity contribution in [2.45, 2.75) is 32.8 Å². The Morgan fingerprint density at radius 2 is 2.11 bits per heavy atom. The molecule has 100 valence electrons. The summed E-state index contributed by atoms with van der Waals surface area (Å²) in [5.41, 5.74) is 1.52. The molecule has 0 aliphatic heterocycles. The lowest BCUT2D eigenvalue weighted by atomic mass is 9.89. The van der Waals surface area contributed by atoms with Crippen molar-refractivity contribution in [3.63, 3.8) is 0 Å². The van der Waals surface area contributed by atoms with Crippen LogP contribution in [0.5, 0.6) is 0 Å². The lowest BCUT2D eigenvalue weighted by Crippen LogP contribution is -2.23. The topological polar surface area (TPSA) is 33.4 Å². The Balaban J connectivity index is 2.50. The molecule has 1 unspecified atom stereocenters. The van der Waals surface area contributed by atoms with E-state index >= 15 is 0 Å². The molecule has 1 aromatic heterocycles. The van der Waals surface area contributed by atoms with Crippen molar-refractivity contribution in [1.82, 2.24) is 0 Å². The predicted octanol–water partition coefficient (Wildman–Crippen LogP) is 4.55. The second-order valence-corrected chi connectivity index (χ2v) is 5.09. The zero-order valence-electron chi connectivity index (χ0n) is 11.7. The lowest BCUT2D eigenvalue weighted by Gasteiger charge is -2.24. The van der Waals surface area contributed by atoms with Gasteiger partial charge in [0.1, 0.15) is 16.9 Å². The Bertz CT molecular complexity index is 597. The molecule has 0 aliphatic rings. The van der Waals surface area contributed by atoms with Gasteiger partial charge in [-0.25, -0.2) is 0 Å². The fourth-order valence-electron chi connectivity index (χ4n) is 2.26. The van der Waals surface area contributed by atoms with Crippen LogP contribution in [0.3, 0.4) is 0 Å². The van der Waals surface area contributed by atoms with Gasteiger partial charge in [-0.05, 0) is 38.0 Å². The maximum atomic E-state index is 10.8. The maximum absolute atomic E-state index is 10.8. The van der Waals surface area contributed by atoms with Gasteiger partial charge in [-0.2, -0.15) is 0 Å². The van der Waals surface area contributed by atoms with E-state index in [1.165, 1.54) is 0 Å². The number of fused-ring (bicyclic) bond motifs is 1. The summed E-state index contributed by atoms with van der Waals surface area (Å²) in [5, 5.41) is 11.8. The van der Waals surface area contributed by atoms with Crippen LogP contribution in [0.25, 0.3) is 11.0 Å². The van der Waals surface area contributed by atoms with E-state index in [9.17, 15) is 5.11 Å². The lowest BCUT2D eigenvalue weighted by molar-refractivity contribution is 0.0711. The number of hydrogen-bond acceptors (Lipinski definition) is 2. The van der Waals surface area contributed by atoms with Crippen molar-refractivity contribution >= 4 is 11.0 Å². The van der Waals surface area contributed by atoms with Gasteiger partial charge in [-0.3, -0.25) is 0 Å². The first-order chi connectivity index (χ1) is 8.95. The minimum absolute atomic E-state index is 0.572. The molecule has 2 nitrogen and oxygen atoms in total. The Morgan fingerprint density at radius 1 is 1.42 bits per heavy atom. The number of furan rings is 1. The molecule has 1 N–H and O–H groups in total. The summed E-state index contributed by atoms with van der Waals surface area (Å²) in [5.74, 6) is 0.572. The summed E-state index contributed by atoms with van der Waals surface area (Å²) in [6, 6.07) is 9.67. The van der Waals surface area contributed by atoms with Crippen LogP contribution >= 0.6 is 0 Å². The third-order valence-corrected chi connectivity index (χ3v) is 3.33. The number of aliphatic hydroxyl groups is 1. The molecule has 0 fully saturated rings. The van der Waals surface area contributed by atoms with E-state index in [0.29, 0.717) is 5.76 Å². The quantitative estimate of drug-likeness (QED) is 0.814. The fraction of sp³-hybridized carbons (Fsp3) is 0.294. The van der Waals surface area contributed by atoms with Crippen LogP contribution in [-0.2, 0) is 5.60 Å². The zero-order valence-corrected chi connectivity index (χ0v) is 11.7. The summed E-state index contributed by atoms with van der Waals surface area (Å²) in [6.45, 7) is 9.58. The molecule has 1 atom stereocenters. The van der Waals surface area contributed by atoms with Crippen molar-refractivity contribution in [3.05, 3.63) is 59.9 Å². The third kappa shape index (κ3) is 2.64. The van der Waals surface area contributed by atoms with Crippen LogP contribution in [0.2, 0.25) is 0 Å². The van der Waals surface area contributed by atoms with Gasteiger partial charge in [0.05, 0.1) is 0 Å². The molecule has 1 aromatic carbocycles. The van der Waals surface area contributed by atoms with E-state index in [2.05, 4.69) is 6.58 Å². The van der Waals surface area contributed by atoms with Gasteiger partial charge in [0.15, 0.2) is 0 Å². The molecule has 2 rings (SSSR count). The Kier molecular flexibility index (Phi) is 3.63. The first-order valence-electron chi connectivity index (χ1n) is 6.53. The maximum Gasteiger partial charge on any atom is 0.141 e. The standard InChI is InChI=1S/C17H20O2/c1-5-14(10-12(2)3)17(4,18)16-11-13-8-6-7-9-15(13)19-16/h6-11,18H,2,5H2,1,3-4H3/b14-10+. The molecular weight excluding hydrogens is 236 g/mol. The van der Waals surface area contributed by atoms with Crippen molar-refractivity contribution in [3.8, 4) is 0 Å². The van der Waals surface area contributed by atoms with Gasteiger partial charge in [-0.15, -0.1) is 0 Å². The van der Waals surface area contributed by atoms with Crippen LogP contribution in [0, 0.1) is 0 Å². The molecular formula is C17H20O2. The van der Waals surface area contributed by atoms with Crippen LogP contribution in [0.1, 0.15) is 33.0 Å². The van der Waals surface area contributed by atoms with E-state index in [0.717, 1.165) is 28.5 Å². The molecule has 0 spiro atoms. The summed E-state index contributed by atoms with van der Waals surface area (Å²) >= 11 is 0. The van der Waals surface area contributed by atoms with Gasteiger partial charge in [0, 0.05) is 5.39 Å². The normalized spacial score (nSPS) is 15.5. The summed E-state index contributed by atoms with van der Waals surface area (Å²) in [4.78, 5) is 0. The average Bonchev–Trinajstić information content (AvgIpc) is 2.80. The van der Waals surface area contributed by atoms with Gasteiger partial charge in [0.25, 0.3) is 0 Å². The molecule has 0 saturated heterocycles. The van der Waals surface area contributed by atoms with Gasteiger partial charge in [0.2, 0.25) is 0 Å². The molecule has 1 heterocycles. The van der Waals surface area contributed by atoms with Crippen LogP contribution in [-0.4, -0.2) is 5.11 Å². The fourth-order valence-corrected chi connectivity index (χ4v) is 2.26. The SMILES string of the molecule is C=C(C)/C=C(\CC)C(C)(O)c1cc2ccccc2o1. The van der Waals surface area contributed by atoms with E-state index in [1.54, 1.807) is 6.92 Å². The largest absolute Gasteiger partial charge is 0.458 e. The Labute approximate surface area is 114 Å². The van der Waals surface area contributed by atoms with Crippen LogP contribution in [0.15, 0.2) is 58.6 Å². The van der Waals surface area contributed by atoms with Crippen molar-refractivity contribution in [2.75, 3.05) is 0 Å². The molecule has 2 heteroatoms. The smallest absolute Gasteiger partial charge is 0.141 e. The Hall–Kier alpha value is -1.80. The number of para-hydroxylation sites is 1. The van der Waals surface area contributed by atoms with Gasteiger partial charge < -0.3 is 9.52 Å². The van der Waals surface area contributed by atoms with Gasteiger partial charge >= 0.3 is 0 Å². The highest BCUT2D eigenvalue weighted by molar-refractivity contribution is 5.78. The Morgan fingerprint density at radius 3 is 2.68 bits per heavy atom. The van der Waals surface area contributed by atoms with E-state index < -0.39 is 5.60 Å². The number of benzene rings is 1. The highest BCUT2D eigenvalue weighted by atomic mass is 16.4. The highest BCUT2D eigenvalue weighted by Crippen LogP contribution is 2.35. The average molecular weight is 256 g/mol. The predicted molar refractivity (Wildman–Crippen MR) is 79.0 cm³/mol. The van der Waals surface area contributed by atoms with E-state index in [-0.39, 0.29) is 0 Å². The summed E-state index contributed by atoms with van der Waals surface area (Å²) < 4.78 is 5.78. The molecule has 0 saturated carbocycles. The molecule has 19 heavy (non-hydrogen) atoms. The van der Waals surface area contributed by atoms with Crippen molar-refractivity contribution in [2.24, 2.45) is 0 Å². The van der Waals surface area contributed by atoms with Crippen LogP contribution in [0.4, 0.5) is 0 Å². The van der Waals surface area contributed by atoms with Crippen molar-refractivity contribution in [1.29, 1.82) is 0 Å². The first-order valence-corrected chi connectivity index (χ1v) is 6.53. The molecule has 0 bridgehead atoms. The molecule has 2 aromatic rings. The highest BCUT2D eigenvalue weighted by Gasteiger charge is 2.30. The monoisotopic (exact) mass is 256 g/mol. The second kappa shape index (κ2) is 5.06. The molecule has 0 aliphatic carbocycles. The molecule has 0 radical (unpaired) electrons. The van der Waals surface area contributed by atoms with Gasteiger partial charge in [-0.1, -0.05) is 43.4 Å². The first kappa shape index (κ1) is 13.6. The summed E-state index contributed by atoms with van der Waals surface area (Å²) in [6.07, 6.45) is 2.67. The number of allylic oxidation sites excluding steroid dienone is 2. The molecule has 0 amide bonds. The minimum Gasteiger partial charge on any atom is -0.458 e. The minimum atomic E-state index is -1.10.